The Labute approximate surface area is 210 Å². The Kier molecular flexibility index (Phi) is 6.49. The van der Waals surface area contributed by atoms with Gasteiger partial charge in [0.25, 0.3) is 0 Å². The number of hydrogen-bond acceptors (Lipinski definition) is 7. The van der Waals surface area contributed by atoms with E-state index in [0.29, 0.717) is 63.6 Å². The van der Waals surface area contributed by atoms with Crippen molar-refractivity contribution in [1.82, 2.24) is 20.2 Å². The fourth-order valence-corrected chi connectivity index (χ4v) is 4.83. The molecule has 188 valence electrons. The molecule has 2 aromatic rings. The average molecular weight is 490 g/mol. The molecule has 0 radical (unpaired) electrons. The molecule has 2 N–H and O–H groups in total. The number of carbonyl (C=O) groups is 2. The SMILES string of the molecule is CCNC(=O)Nc1ccc(-c2nc3c(c(N4CCOCC4C)n2)CCN(C(=O)C2(C#N)CC2)C3)cc1. The molecule has 5 rings (SSSR count). The van der Waals surface area contributed by atoms with Gasteiger partial charge < -0.3 is 25.2 Å². The third-order valence-electron chi connectivity index (χ3n) is 7.08. The first-order chi connectivity index (χ1) is 17.4. The number of amides is 3. The van der Waals surface area contributed by atoms with Crippen molar-refractivity contribution in [3.05, 3.63) is 35.5 Å². The number of aromatic nitrogens is 2. The van der Waals surface area contributed by atoms with E-state index in [1.165, 1.54) is 0 Å². The number of morpholine rings is 1. The van der Waals surface area contributed by atoms with Gasteiger partial charge in [0, 0.05) is 36.4 Å². The fraction of sp³-hybridized carbons (Fsp3) is 0.500. The van der Waals surface area contributed by atoms with Crippen molar-refractivity contribution in [2.45, 2.75) is 45.7 Å². The number of nitriles is 1. The van der Waals surface area contributed by atoms with Crippen molar-refractivity contribution in [2.75, 3.05) is 43.1 Å². The van der Waals surface area contributed by atoms with Gasteiger partial charge in [-0.15, -0.1) is 0 Å². The Balaban J connectivity index is 1.48. The lowest BCUT2D eigenvalue weighted by Crippen LogP contribution is -2.46. The smallest absolute Gasteiger partial charge is 0.319 e. The average Bonchev–Trinajstić information content (AvgIpc) is 3.70. The second-order valence-electron chi connectivity index (χ2n) is 9.65. The standard InChI is InChI=1S/C26H31N7O3/c1-3-28-25(35)29-19-6-4-18(5-7-19)22-30-21-14-32(24(34)26(16-27)9-10-26)11-8-20(21)23(31-22)33-12-13-36-15-17(33)2/h4-7,17H,3,8-15H2,1-2H3,(H2,28,29,35). The zero-order valence-corrected chi connectivity index (χ0v) is 20.7. The minimum atomic E-state index is -0.845. The number of rotatable bonds is 5. The van der Waals surface area contributed by atoms with E-state index in [0.717, 1.165) is 29.2 Å². The van der Waals surface area contributed by atoms with Gasteiger partial charge in [0.15, 0.2) is 5.82 Å². The van der Waals surface area contributed by atoms with Crippen LogP contribution < -0.4 is 15.5 Å². The topological polar surface area (TPSA) is 123 Å². The van der Waals surface area contributed by atoms with Crippen LogP contribution in [0.15, 0.2) is 24.3 Å². The number of carbonyl (C=O) groups excluding carboxylic acids is 2. The molecule has 1 aliphatic carbocycles. The molecule has 10 heteroatoms. The minimum absolute atomic E-state index is 0.0853. The van der Waals surface area contributed by atoms with Gasteiger partial charge in [-0.3, -0.25) is 4.79 Å². The Morgan fingerprint density at radius 3 is 2.67 bits per heavy atom. The molecule has 3 aliphatic rings. The molecule has 1 aromatic heterocycles. The van der Waals surface area contributed by atoms with Crippen molar-refractivity contribution in [3.8, 4) is 17.5 Å². The Morgan fingerprint density at radius 1 is 1.22 bits per heavy atom. The third kappa shape index (κ3) is 4.58. The third-order valence-corrected chi connectivity index (χ3v) is 7.08. The van der Waals surface area contributed by atoms with Crippen LogP contribution in [0.25, 0.3) is 11.4 Å². The quantitative estimate of drug-likeness (QED) is 0.662. The normalized spacial score (nSPS) is 20.2. The molecule has 3 amide bonds. The van der Waals surface area contributed by atoms with Crippen molar-refractivity contribution in [1.29, 1.82) is 5.26 Å². The summed E-state index contributed by atoms with van der Waals surface area (Å²) in [5.74, 6) is 1.38. The van der Waals surface area contributed by atoms with Crippen LogP contribution >= 0.6 is 0 Å². The lowest BCUT2D eigenvalue weighted by molar-refractivity contribution is -0.136. The van der Waals surface area contributed by atoms with Crippen molar-refractivity contribution < 1.29 is 14.3 Å². The summed E-state index contributed by atoms with van der Waals surface area (Å²) in [5.41, 5.74) is 2.54. The molecule has 1 aromatic carbocycles. The first kappa shape index (κ1) is 24.0. The maximum Gasteiger partial charge on any atom is 0.319 e. The van der Waals surface area contributed by atoms with E-state index in [2.05, 4.69) is 28.5 Å². The Bertz CT molecular complexity index is 1200. The summed E-state index contributed by atoms with van der Waals surface area (Å²) in [6.45, 7) is 7.46. The molecule has 0 bridgehead atoms. The summed E-state index contributed by atoms with van der Waals surface area (Å²) in [6.07, 6.45) is 1.92. The molecule has 36 heavy (non-hydrogen) atoms. The highest BCUT2D eigenvalue weighted by atomic mass is 16.5. The van der Waals surface area contributed by atoms with Crippen LogP contribution in [0.2, 0.25) is 0 Å². The highest BCUT2D eigenvalue weighted by molar-refractivity contribution is 5.89. The summed E-state index contributed by atoms with van der Waals surface area (Å²) in [5, 5.41) is 15.0. The lowest BCUT2D eigenvalue weighted by Gasteiger charge is -2.38. The van der Waals surface area contributed by atoms with E-state index in [4.69, 9.17) is 14.7 Å². The number of fused-ring (bicyclic) bond motifs is 1. The van der Waals surface area contributed by atoms with E-state index < -0.39 is 5.41 Å². The summed E-state index contributed by atoms with van der Waals surface area (Å²) >= 11 is 0. The van der Waals surface area contributed by atoms with E-state index >= 15 is 0 Å². The fourth-order valence-electron chi connectivity index (χ4n) is 4.83. The summed E-state index contributed by atoms with van der Waals surface area (Å²) in [7, 11) is 0. The number of benzene rings is 1. The molecule has 2 fully saturated rings. The Hall–Kier alpha value is -3.71. The minimum Gasteiger partial charge on any atom is -0.377 e. The molecule has 2 aliphatic heterocycles. The van der Waals surface area contributed by atoms with Gasteiger partial charge in [-0.05, 0) is 57.4 Å². The second kappa shape index (κ2) is 9.74. The van der Waals surface area contributed by atoms with Gasteiger partial charge in [-0.25, -0.2) is 14.8 Å². The largest absolute Gasteiger partial charge is 0.377 e. The maximum absolute atomic E-state index is 13.1. The van der Waals surface area contributed by atoms with Crippen LogP contribution in [0.1, 0.15) is 37.9 Å². The van der Waals surface area contributed by atoms with Crippen LogP contribution in [0, 0.1) is 16.7 Å². The molecule has 3 heterocycles. The molecule has 1 saturated heterocycles. The molecular weight excluding hydrogens is 458 g/mol. The van der Waals surface area contributed by atoms with Gasteiger partial charge in [0.1, 0.15) is 11.2 Å². The van der Waals surface area contributed by atoms with Crippen LogP contribution in [0.4, 0.5) is 16.3 Å². The number of nitrogens with zero attached hydrogens (tertiary/aromatic N) is 5. The van der Waals surface area contributed by atoms with E-state index in [9.17, 15) is 14.9 Å². The predicted molar refractivity (Wildman–Crippen MR) is 134 cm³/mol. The van der Waals surface area contributed by atoms with Crippen LogP contribution in [0.3, 0.4) is 0 Å². The zero-order valence-electron chi connectivity index (χ0n) is 20.7. The van der Waals surface area contributed by atoms with Gasteiger partial charge in [0.2, 0.25) is 5.91 Å². The van der Waals surface area contributed by atoms with Crippen LogP contribution in [-0.2, 0) is 22.5 Å². The van der Waals surface area contributed by atoms with E-state index in [1.807, 2.05) is 31.2 Å². The summed E-state index contributed by atoms with van der Waals surface area (Å²) in [4.78, 5) is 38.9. The number of urea groups is 1. The van der Waals surface area contributed by atoms with Crippen LogP contribution in [-0.4, -0.2) is 65.7 Å². The van der Waals surface area contributed by atoms with Crippen LogP contribution in [0.5, 0.6) is 0 Å². The van der Waals surface area contributed by atoms with Gasteiger partial charge >= 0.3 is 6.03 Å². The number of hydrogen-bond donors (Lipinski definition) is 2. The molecule has 1 saturated carbocycles. The molecule has 0 spiro atoms. The van der Waals surface area contributed by atoms with E-state index in [1.54, 1.807) is 4.90 Å². The zero-order chi connectivity index (χ0) is 25.3. The molecule has 10 nitrogen and oxygen atoms in total. The predicted octanol–water partition coefficient (Wildman–Crippen LogP) is 2.70. The number of anilines is 2. The summed E-state index contributed by atoms with van der Waals surface area (Å²) in [6, 6.07) is 9.56. The lowest BCUT2D eigenvalue weighted by atomic mass is 10.0. The van der Waals surface area contributed by atoms with Gasteiger partial charge in [-0.1, -0.05) is 0 Å². The maximum atomic E-state index is 13.1. The first-order valence-corrected chi connectivity index (χ1v) is 12.5. The summed E-state index contributed by atoms with van der Waals surface area (Å²) < 4.78 is 5.65. The molecular formula is C26H31N7O3. The van der Waals surface area contributed by atoms with E-state index in [-0.39, 0.29) is 18.0 Å². The number of nitrogens with one attached hydrogen (secondary N) is 2. The van der Waals surface area contributed by atoms with Gasteiger partial charge in [-0.2, -0.15) is 5.26 Å². The molecule has 1 atom stereocenters. The highest BCUT2D eigenvalue weighted by Gasteiger charge is 2.53. The van der Waals surface area contributed by atoms with Crippen molar-refractivity contribution in [2.24, 2.45) is 5.41 Å². The number of ether oxygens (including phenoxy) is 1. The van der Waals surface area contributed by atoms with Crippen molar-refractivity contribution >= 4 is 23.4 Å². The van der Waals surface area contributed by atoms with Crippen molar-refractivity contribution in [3.63, 3.8) is 0 Å². The highest BCUT2D eigenvalue weighted by Crippen LogP contribution is 2.47. The Morgan fingerprint density at radius 2 is 2.00 bits per heavy atom. The van der Waals surface area contributed by atoms with Gasteiger partial charge in [0.05, 0.1) is 37.6 Å². The second-order valence-corrected chi connectivity index (χ2v) is 9.65. The first-order valence-electron chi connectivity index (χ1n) is 12.5. The molecule has 1 unspecified atom stereocenters. The monoisotopic (exact) mass is 489 g/mol.